The Bertz CT molecular complexity index is 980. The van der Waals surface area contributed by atoms with Crippen LogP contribution in [0.4, 0.5) is 5.69 Å². The Balaban J connectivity index is 1.67. The fourth-order valence-electron chi connectivity index (χ4n) is 3.65. The quantitative estimate of drug-likeness (QED) is 0.645. The SMILES string of the molecule is COC(=O)c1cccc(NC2(c3nc(-c4ccncc4)n[nH]3)CCN(C)CC2)c1. The molecule has 2 aromatic heterocycles. The summed E-state index contributed by atoms with van der Waals surface area (Å²) >= 11 is 0. The van der Waals surface area contributed by atoms with Crippen molar-refractivity contribution < 1.29 is 9.53 Å². The molecule has 0 bridgehead atoms. The van der Waals surface area contributed by atoms with Crippen molar-refractivity contribution in [3.63, 3.8) is 0 Å². The summed E-state index contributed by atoms with van der Waals surface area (Å²) in [7, 11) is 3.50. The molecule has 1 saturated heterocycles. The maximum absolute atomic E-state index is 11.9. The van der Waals surface area contributed by atoms with Crippen molar-refractivity contribution >= 4 is 11.7 Å². The lowest BCUT2D eigenvalue weighted by atomic mass is 9.86. The molecule has 8 nitrogen and oxygen atoms in total. The molecule has 3 aromatic rings. The molecule has 3 heterocycles. The van der Waals surface area contributed by atoms with Gasteiger partial charge in [0, 0.05) is 36.7 Å². The number of hydrogen-bond acceptors (Lipinski definition) is 7. The largest absolute Gasteiger partial charge is 0.465 e. The van der Waals surface area contributed by atoms with E-state index in [0.29, 0.717) is 11.4 Å². The van der Waals surface area contributed by atoms with Gasteiger partial charge in [-0.1, -0.05) is 6.07 Å². The first-order chi connectivity index (χ1) is 14.1. The van der Waals surface area contributed by atoms with Crippen molar-refractivity contribution in [2.24, 2.45) is 0 Å². The van der Waals surface area contributed by atoms with E-state index in [1.54, 1.807) is 18.5 Å². The first kappa shape index (κ1) is 19.1. The van der Waals surface area contributed by atoms with Crippen LogP contribution in [-0.4, -0.2) is 58.3 Å². The number of carbonyl (C=O) groups is 1. The maximum atomic E-state index is 11.9. The van der Waals surface area contributed by atoms with Gasteiger partial charge in [0.2, 0.25) is 0 Å². The molecule has 0 aliphatic carbocycles. The summed E-state index contributed by atoms with van der Waals surface area (Å²) in [5, 5.41) is 11.2. The van der Waals surface area contributed by atoms with Crippen molar-refractivity contribution in [3.05, 3.63) is 60.2 Å². The van der Waals surface area contributed by atoms with Gasteiger partial charge in [-0.15, -0.1) is 0 Å². The van der Waals surface area contributed by atoms with Gasteiger partial charge in [0.15, 0.2) is 11.6 Å². The number of methoxy groups -OCH3 is 1. The number of nitrogens with one attached hydrogen (secondary N) is 2. The van der Waals surface area contributed by atoms with Gasteiger partial charge < -0.3 is 15.0 Å². The molecule has 2 N–H and O–H groups in total. The molecule has 1 fully saturated rings. The Morgan fingerprint density at radius 2 is 1.97 bits per heavy atom. The number of piperidine rings is 1. The van der Waals surface area contributed by atoms with Gasteiger partial charge in [-0.3, -0.25) is 10.1 Å². The van der Waals surface area contributed by atoms with Gasteiger partial charge in [-0.05, 0) is 50.2 Å². The molecule has 0 atom stereocenters. The maximum Gasteiger partial charge on any atom is 0.337 e. The summed E-state index contributed by atoms with van der Waals surface area (Å²) in [6.45, 7) is 1.85. The van der Waals surface area contributed by atoms with Crippen LogP contribution < -0.4 is 5.32 Å². The summed E-state index contributed by atoms with van der Waals surface area (Å²) < 4.78 is 4.85. The molecule has 0 spiro atoms. The molecule has 4 rings (SSSR count). The molecular weight excluding hydrogens is 368 g/mol. The molecule has 29 heavy (non-hydrogen) atoms. The topological polar surface area (TPSA) is 96.0 Å². The van der Waals surface area contributed by atoms with Crippen LogP contribution in [0.2, 0.25) is 0 Å². The lowest BCUT2D eigenvalue weighted by molar-refractivity contribution is 0.0600. The van der Waals surface area contributed by atoms with Crippen molar-refractivity contribution in [2.45, 2.75) is 18.4 Å². The van der Waals surface area contributed by atoms with Gasteiger partial charge in [0.25, 0.3) is 0 Å². The molecule has 1 aliphatic heterocycles. The third-order valence-corrected chi connectivity index (χ3v) is 5.39. The minimum absolute atomic E-state index is 0.356. The molecular formula is C21H24N6O2. The lowest BCUT2D eigenvalue weighted by Crippen LogP contribution is -2.46. The number of likely N-dealkylation sites (tertiary alicyclic amines) is 1. The second kappa shape index (κ2) is 8.00. The monoisotopic (exact) mass is 392 g/mol. The average Bonchev–Trinajstić information content (AvgIpc) is 3.27. The number of carbonyl (C=O) groups excluding carboxylic acids is 1. The van der Waals surface area contributed by atoms with Gasteiger partial charge in [0.05, 0.1) is 18.2 Å². The second-order valence-electron chi connectivity index (χ2n) is 7.33. The molecule has 0 radical (unpaired) electrons. The van der Waals surface area contributed by atoms with Crippen LogP contribution in [0.5, 0.6) is 0 Å². The number of esters is 1. The van der Waals surface area contributed by atoms with Crippen molar-refractivity contribution in [3.8, 4) is 11.4 Å². The Morgan fingerprint density at radius 3 is 2.69 bits per heavy atom. The molecule has 8 heteroatoms. The van der Waals surface area contributed by atoms with Crippen LogP contribution in [0.15, 0.2) is 48.8 Å². The number of rotatable bonds is 5. The van der Waals surface area contributed by atoms with Crippen LogP contribution >= 0.6 is 0 Å². The number of nitrogens with zero attached hydrogens (tertiary/aromatic N) is 4. The van der Waals surface area contributed by atoms with E-state index in [2.05, 4.69) is 32.4 Å². The molecule has 150 valence electrons. The van der Waals surface area contributed by atoms with E-state index in [9.17, 15) is 4.79 Å². The summed E-state index contributed by atoms with van der Waals surface area (Å²) in [6.07, 6.45) is 5.17. The minimum Gasteiger partial charge on any atom is -0.465 e. The van der Waals surface area contributed by atoms with Gasteiger partial charge >= 0.3 is 5.97 Å². The first-order valence-corrected chi connectivity index (χ1v) is 9.58. The molecule has 0 saturated carbocycles. The normalized spacial score (nSPS) is 16.3. The van der Waals surface area contributed by atoms with Crippen LogP contribution in [0, 0.1) is 0 Å². The zero-order valence-corrected chi connectivity index (χ0v) is 16.6. The summed E-state index contributed by atoms with van der Waals surface area (Å²) in [5.74, 6) is 1.08. The van der Waals surface area contributed by atoms with E-state index in [0.717, 1.165) is 43.0 Å². The standard InChI is InChI=1S/C21H24N6O2/c1-27-12-8-21(9-13-27,24-17-5-3-4-16(14-17)19(28)29-2)20-23-18(25-26-20)15-6-10-22-11-7-15/h3-7,10-11,14,24H,8-9,12-13H2,1-2H3,(H,23,25,26). The van der Waals surface area contributed by atoms with Crippen molar-refractivity contribution in [2.75, 3.05) is 32.6 Å². The minimum atomic E-state index is -0.403. The Labute approximate surface area is 169 Å². The van der Waals surface area contributed by atoms with Crippen LogP contribution in [0.1, 0.15) is 29.0 Å². The van der Waals surface area contributed by atoms with Crippen molar-refractivity contribution in [1.29, 1.82) is 0 Å². The molecule has 0 unspecified atom stereocenters. The zero-order chi connectivity index (χ0) is 20.3. The highest BCUT2D eigenvalue weighted by molar-refractivity contribution is 5.90. The summed E-state index contributed by atoms with van der Waals surface area (Å²) in [5.41, 5.74) is 1.87. The van der Waals surface area contributed by atoms with Crippen LogP contribution in [0.3, 0.4) is 0 Å². The fraction of sp³-hybridized carbons (Fsp3) is 0.333. The Kier molecular flexibility index (Phi) is 5.26. The number of hydrogen-bond donors (Lipinski definition) is 2. The average molecular weight is 392 g/mol. The number of ether oxygens (including phenoxy) is 1. The predicted molar refractivity (Wildman–Crippen MR) is 109 cm³/mol. The van der Waals surface area contributed by atoms with E-state index in [4.69, 9.17) is 9.72 Å². The highest BCUT2D eigenvalue weighted by Crippen LogP contribution is 2.35. The first-order valence-electron chi connectivity index (χ1n) is 9.58. The summed E-state index contributed by atoms with van der Waals surface area (Å²) in [6, 6.07) is 11.1. The lowest BCUT2D eigenvalue weighted by Gasteiger charge is -2.40. The van der Waals surface area contributed by atoms with Crippen LogP contribution in [0.25, 0.3) is 11.4 Å². The smallest absolute Gasteiger partial charge is 0.337 e. The number of anilines is 1. The van der Waals surface area contributed by atoms with Crippen LogP contribution in [-0.2, 0) is 10.3 Å². The number of aromatic nitrogens is 4. The van der Waals surface area contributed by atoms with Gasteiger partial charge in [-0.2, -0.15) is 5.10 Å². The van der Waals surface area contributed by atoms with Crippen molar-refractivity contribution in [1.82, 2.24) is 25.1 Å². The highest BCUT2D eigenvalue weighted by Gasteiger charge is 2.38. The Hall–Kier alpha value is -3.26. The zero-order valence-electron chi connectivity index (χ0n) is 16.6. The van der Waals surface area contributed by atoms with E-state index >= 15 is 0 Å². The summed E-state index contributed by atoms with van der Waals surface area (Å²) in [4.78, 5) is 23.1. The number of benzene rings is 1. The van der Waals surface area contributed by atoms with E-state index in [1.807, 2.05) is 30.3 Å². The molecule has 1 aromatic carbocycles. The molecule has 1 aliphatic rings. The molecule has 0 amide bonds. The van der Waals surface area contributed by atoms with E-state index < -0.39 is 5.54 Å². The highest BCUT2D eigenvalue weighted by atomic mass is 16.5. The predicted octanol–water partition coefficient (Wildman–Crippen LogP) is 2.69. The van der Waals surface area contributed by atoms with Gasteiger partial charge in [-0.25, -0.2) is 9.78 Å². The van der Waals surface area contributed by atoms with E-state index in [1.165, 1.54) is 7.11 Å². The third-order valence-electron chi connectivity index (χ3n) is 5.39. The van der Waals surface area contributed by atoms with E-state index in [-0.39, 0.29) is 5.97 Å². The number of pyridine rings is 1. The third kappa shape index (κ3) is 3.97. The number of H-pyrrole nitrogens is 1. The fourth-order valence-corrected chi connectivity index (χ4v) is 3.65. The number of aromatic amines is 1. The Morgan fingerprint density at radius 1 is 1.21 bits per heavy atom. The second-order valence-corrected chi connectivity index (χ2v) is 7.33. The van der Waals surface area contributed by atoms with Gasteiger partial charge in [0.1, 0.15) is 0 Å².